The molecule has 13 heavy (non-hydrogen) atoms. The number of sulfonamides is 1. The summed E-state index contributed by atoms with van der Waals surface area (Å²) >= 11 is 0. The van der Waals surface area contributed by atoms with Crippen LogP contribution < -0.4 is 0 Å². The highest BCUT2D eigenvalue weighted by atomic mass is 32.2. The number of carboxylic acid groups (broad SMARTS) is 1. The molecule has 0 radical (unpaired) electrons. The molecule has 1 aliphatic rings. The third-order valence-electron chi connectivity index (χ3n) is 2.44. The van der Waals surface area contributed by atoms with Crippen molar-refractivity contribution in [3.63, 3.8) is 0 Å². The van der Waals surface area contributed by atoms with E-state index in [0.29, 0.717) is 19.4 Å². The largest absolute Gasteiger partial charge is 0.480 e. The van der Waals surface area contributed by atoms with Crippen molar-refractivity contribution in [2.75, 3.05) is 12.8 Å². The monoisotopic (exact) mass is 207 g/mol. The van der Waals surface area contributed by atoms with Crippen LogP contribution in [0.2, 0.25) is 0 Å². The highest BCUT2D eigenvalue weighted by molar-refractivity contribution is 7.88. The molecule has 1 heterocycles. The Balaban J connectivity index is 3.07. The van der Waals surface area contributed by atoms with Gasteiger partial charge in [-0.15, -0.1) is 0 Å². The number of aliphatic carboxylic acids is 1. The number of nitrogens with zero attached hydrogens (tertiary/aromatic N) is 1. The minimum absolute atomic E-state index is 0.307. The first-order chi connectivity index (χ1) is 5.78. The fraction of sp³-hybridized carbons (Fsp3) is 0.857. The first-order valence-electron chi connectivity index (χ1n) is 4.00. The van der Waals surface area contributed by atoms with Crippen LogP contribution in [-0.4, -0.2) is 42.1 Å². The lowest BCUT2D eigenvalue weighted by Crippen LogP contribution is -2.50. The minimum Gasteiger partial charge on any atom is -0.480 e. The Kier molecular flexibility index (Phi) is 2.38. The van der Waals surface area contributed by atoms with E-state index in [2.05, 4.69) is 0 Å². The van der Waals surface area contributed by atoms with Crippen LogP contribution in [-0.2, 0) is 14.8 Å². The summed E-state index contributed by atoms with van der Waals surface area (Å²) in [5.74, 6) is -1.07. The highest BCUT2D eigenvalue weighted by Gasteiger charge is 2.47. The van der Waals surface area contributed by atoms with E-state index in [1.54, 1.807) is 0 Å². The molecule has 1 rings (SSSR count). The van der Waals surface area contributed by atoms with Crippen LogP contribution in [0, 0.1) is 0 Å². The molecule has 76 valence electrons. The van der Waals surface area contributed by atoms with Crippen molar-refractivity contribution in [2.45, 2.75) is 25.3 Å². The zero-order chi connectivity index (χ0) is 10.3. The van der Waals surface area contributed by atoms with Crippen LogP contribution in [0.1, 0.15) is 19.8 Å². The fourth-order valence-electron chi connectivity index (χ4n) is 1.68. The molecule has 1 N–H and O–H groups in total. The molecule has 0 spiro atoms. The Labute approximate surface area is 77.4 Å². The van der Waals surface area contributed by atoms with Crippen molar-refractivity contribution < 1.29 is 18.3 Å². The van der Waals surface area contributed by atoms with Gasteiger partial charge in [0.05, 0.1) is 6.26 Å². The summed E-state index contributed by atoms with van der Waals surface area (Å²) < 4.78 is 23.5. The van der Waals surface area contributed by atoms with E-state index in [1.807, 2.05) is 0 Å². The lowest BCUT2D eigenvalue weighted by atomic mass is 10.0. The van der Waals surface area contributed by atoms with E-state index < -0.39 is 21.5 Å². The molecule has 6 heteroatoms. The molecule has 0 aromatic rings. The summed E-state index contributed by atoms with van der Waals surface area (Å²) in [7, 11) is -3.40. The van der Waals surface area contributed by atoms with Crippen molar-refractivity contribution >= 4 is 16.0 Å². The molecule has 1 atom stereocenters. The number of carbonyl (C=O) groups is 1. The average Bonchev–Trinajstić information content (AvgIpc) is 2.31. The second-order valence-electron chi connectivity index (χ2n) is 3.52. The van der Waals surface area contributed by atoms with Crippen LogP contribution in [0.4, 0.5) is 0 Å². The quantitative estimate of drug-likeness (QED) is 0.685. The first-order valence-corrected chi connectivity index (χ1v) is 5.84. The van der Waals surface area contributed by atoms with Gasteiger partial charge in [-0.25, -0.2) is 8.42 Å². The number of hydrogen-bond acceptors (Lipinski definition) is 3. The SMILES string of the molecule is CC1(C(=O)O)CCCN1S(C)(=O)=O. The molecule has 0 amide bonds. The van der Waals surface area contributed by atoms with Gasteiger partial charge in [0.15, 0.2) is 0 Å². The number of hydrogen-bond donors (Lipinski definition) is 1. The van der Waals surface area contributed by atoms with Crippen molar-refractivity contribution in [1.82, 2.24) is 4.31 Å². The summed E-state index contributed by atoms with van der Waals surface area (Å²) in [6.45, 7) is 1.75. The maximum Gasteiger partial charge on any atom is 0.324 e. The van der Waals surface area contributed by atoms with Crippen LogP contribution in [0.25, 0.3) is 0 Å². The molecule has 5 nitrogen and oxygen atoms in total. The lowest BCUT2D eigenvalue weighted by molar-refractivity contribution is -0.146. The van der Waals surface area contributed by atoms with Crippen molar-refractivity contribution in [2.24, 2.45) is 0 Å². The molecule has 1 aliphatic heterocycles. The Morgan fingerprint density at radius 3 is 2.38 bits per heavy atom. The Bertz CT molecular complexity index is 323. The van der Waals surface area contributed by atoms with Gasteiger partial charge < -0.3 is 5.11 Å². The van der Waals surface area contributed by atoms with Crippen LogP contribution in [0.3, 0.4) is 0 Å². The second-order valence-corrected chi connectivity index (χ2v) is 5.42. The summed E-state index contributed by atoms with van der Waals surface area (Å²) in [5, 5.41) is 8.90. The van der Waals surface area contributed by atoms with Crippen molar-refractivity contribution in [3.05, 3.63) is 0 Å². The fourth-order valence-corrected chi connectivity index (χ4v) is 3.05. The summed E-state index contributed by atoms with van der Waals surface area (Å²) in [6, 6.07) is 0. The molecule has 0 saturated carbocycles. The van der Waals surface area contributed by atoms with E-state index in [0.717, 1.165) is 10.6 Å². The van der Waals surface area contributed by atoms with Gasteiger partial charge in [-0.05, 0) is 19.8 Å². The van der Waals surface area contributed by atoms with Gasteiger partial charge in [-0.2, -0.15) is 4.31 Å². The average molecular weight is 207 g/mol. The van der Waals surface area contributed by atoms with Gasteiger partial charge in [-0.3, -0.25) is 4.79 Å². The molecular formula is C7H13NO4S. The highest BCUT2D eigenvalue weighted by Crippen LogP contribution is 2.31. The summed E-state index contributed by atoms with van der Waals surface area (Å²) in [4.78, 5) is 10.9. The summed E-state index contributed by atoms with van der Waals surface area (Å²) in [5.41, 5.74) is -1.24. The van der Waals surface area contributed by atoms with E-state index >= 15 is 0 Å². The van der Waals surface area contributed by atoms with Gasteiger partial charge >= 0.3 is 5.97 Å². The predicted octanol–water partition coefficient (Wildman–Crippen LogP) is -0.115. The van der Waals surface area contributed by atoms with Gasteiger partial charge in [0.2, 0.25) is 10.0 Å². The first kappa shape index (κ1) is 10.5. The molecular weight excluding hydrogens is 194 g/mol. The Morgan fingerprint density at radius 1 is 1.54 bits per heavy atom. The minimum atomic E-state index is -3.40. The molecule has 0 bridgehead atoms. The zero-order valence-electron chi connectivity index (χ0n) is 7.65. The normalized spacial score (nSPS) is 30.6. The van der Waals surface area contributed by atoms with Gasteiger partial charge in [-0.1, -0.05) is 0 Å². The van der Waals surface area contributed by atoms with E-state index in [9.17, 15) is 13.2 Å². The van der Waals surface area contributed by atoms with Crippen LogP contribution >= 0.6 is 0 Å². The maximum absolute atomic E-state index is 11.2. The van der Waals surface area contributed by atoms with Crippen molar-refractivity contribution in [1.29, 1.82) is 0 Å². The lowest BCUT2D eigenvalue weighted by Gasteiger charge is -2.28. The third kappa shape index (κ3) is 1.68. The summed E-state index contributed by atoms with van der Waals surface area (Å²) in [6.07, 6.45) is 2.03. The topological polar surface area (TPSA) is 74.7 Å². The maximum atomic E-state index is 11.2. The smallest absolute Gasteiger partial charge is 0.324 e. The Morgan fingerprint density at radius 2 is 2.08 bits per heavy atom. The number of carboxylic acids is 1. The van der Waals surface area contributed by atoms with Crippen molar-refractivity contribution in [3.8, 4) is 0 Å². The predicted molar refractivity (Wildman–Crippen MR) is 46.8 cm³/mol. The number of rotatable bonds is 2. The van der Waals surface area contributed by atoms with Gasteiger partial charge in [0.1, 0.15) is 5.54 Å². The van der Waals surface area contributed by atoms with E-state index in [4.69, 9.17) is 5.11 Å². The van der Waals surface area contributed by atoms with E-state index in [-0.39, 0.29) is 0 Å². The van der Waals surface area contributed by atoms with Gasteiger partial charge in [0, 0.05) is 6.54 Å². The molecule has 0 aromatic heterocycles. The molecule has 1 saturated heterocycles. The molecule has 1 fully saturated rings. The van der Waals surface area contributed by atoms with Crippen LogP contribution in [0.5, 0.6) is 0 Å². The Hall–Kier alpha value is -0.620. The third-order valence-corrected chi connectivity index (χ3v) is 3.82. The molecule has 0 aromatic carbocycles. The molecule has 0 aliphatic carbocycles. The van der Waals surface area contributed by atoms with E-state index in [1.165, 1.54) is 6.92 Å². The molecule has 1 unspecified atom stereocenters. The zero-order valence-corrected chi connectivity index (χ0v) is 8.47. The van der Waals surface area contributed by atoms with Crippen LogP contribution in [0.15, 0.2) is 0 Å². The van der Waals surface area contributed by atoms with Gasteiger partial charge in [0.25, 0.3) is 0 Å². The second kappa shape index (κ2) is 2.95. The standard InChI is InChI=1S/C7H13NO4S/c1-7(6(9)10)4-3-5-8(7)13(2,11)12/h3-5H2,1-2H3,(H,9,10).